The van der Waals surface area contributed by atoms with Crippen LogP contribution in [0.15, 0.2) is 36.7 Å². The predicted octanol–water partition coefficient (Wildman–Crippen LogP) is 2.66. The highest BCUT2D eigenvalue weighted by atomic mass is 35.5. The quantitative estimate of drug-likeness (QED) is 0.892. The molecule has 2 N–H and O–H groups in total. The molecule has 0 aliphatic carbocycles. The van der Waals surface area contributed by atoms with Crippen molar-refractivity contribution in [3.8, 4) is 5.75 Å². The van der Waals surface area contributed by atoms with Crippen LogP contribution in [0.3, 0.4) is 0 Å². The van der Waals surface area contributed by atoms with Gasteiger partial charge in [-0.25, -0.2) is 4.79 Å². The van der Waals surface area contributed by atoms with Crippen LogP contribution in [0.1, 0.15) is 6.92 Å². The number of aromatic nitrogens is 2. The molecule has 2 amide bonds. The van der Waals surface area contributed by atoms with Crippen LogP contribution in [0, 0.1) is 0 Å². The third-order valence-corrected chi connectivity index (χ3v) is 2.88. The monoisotopic (exact) mass is 308 g/mol. The average molecular weight is 309 g/mol. The highest BCUT2D eigenvalue weighted by molar-refractivity contribution is 6.30. The summed E-state index contributed by atoms with van der Waals surface area (Å²) in [5.74, 6) is 0.671. The fourth-order valence-corrected chi connectivity index (χ4v) is 1.89. The number of amides is 2. The van der Waals surface area contributed by atoms with E-state index in [1.165, 1.54) is 0 Å². The van der Waals surface area contributed by atoms with Crippen molar-refractivity contribution in [2.75, 3.05) is 11.9 Å². The molecule has 1 aromatic carbocycles. The molecule has 0 bridgehead atoms. The number of ether oxygens (including phenoxy) is 1. The Morgan fingerprint density at radius 3 is 3.00 bits per heavy atom. The normalized spacial score (nSPS) is 11.8. The van der Waals surface area contributed by atoms with Crippen LogP contribution in [-0.2, 0) is 7.05 Å². The SMILES string of the molecule is CC(CNC(=O)Nc1cnn(C)c1)Oc1cccc(Cl)c1. The number of carbonyl (C=O) groups excluding carboxylic acids is 1. The smallest absolute Gasteiger partial charge is 0.319 e. The summed E-state index contributed by atoms with van der Waals surface area (Å²) in [6.45, 7) is 2.24. The highest BCUT2D eigenvalue weighted by Crippen LogP contribution is 2.18. The summed E-state index contributed by atoms with van der Waals surface area (Å²) in [4.78, 5) is 11.7. The first-order valence-electron chi connectivity index (χ1n) is 6.48. The third kappa shape index (κ3) is 5.00. The number of carbonyl (C=O) groups is 1. The van der Waals surface area contributed by atoms with Crippen molar-refractivity contribution in [3.63, 3.8) is 0 Å². The van der Waals surface area contributed by atoms with Gasteiger partial charge in [-0.15, -0.1) is 0 Å². The Morgan fingerprint density at radius 1 is 1.52 bits per heavy atom. The number of anilines is 1. The molecule has 0 spiro atoms. The van der Waals surface area contributed by atoms with Crippen LogP contribution < -0.4 is 15.4 Å². The standard InChI is InChI=1S/C14H17ClN4O2/c1-10(21-13-5-3-4-11(15)6-13)7-16-14(20)18-12-8-17-19(2)9-12/h3-6,8-10H,7H2,1-2H3,(H2,16,18,20). The van der Waals surface area contributed by atoms with Gasteiger partial charge >= 0.3 is 6.03 Å². The fraction of sp³-hybridized carbons (Fsp3) is 0.286. The van der Waals surface area contributed by atoms with E-state index >= 15 is 0 Å². The molecule has 2 aromatic rings. The van der Waals surface area contributed by atoms with Crippen LogP contribution in [0.4, 0.5) is 10.5 Å². The van der Waals surface area contributed by atoms with E-state index in [9.17, 15) is 4.79 Å². The minimum Gasteiger partial charge on any atom is -0.489 e. The largest absolute Gasteiger partial charge is 0.489 e. The Balaban J connectivity index is 1.75. The van der Waals surface area contributed by atoms with Crippen molar-refractivity contribution >= 4 is 23.3 Å². The van der Waals surface area contributed by atoms with Gasteiger partial charge in [-0.3, -0.25) is 4.68 Å². The maximum Gasteiger partial charge on any atom is 0.319 e. The van der Waals surface area contributed by atoms with Crippen LogP contribution in [-0.4, -0.2) is 28.5 Å². The van der Waals surface area contributed by atoms with Crippen molar-refractivity contribution in [1.29, 1.82) is 0 Å². The van der Waals surface area contributed by atoms with Gasteiger partial charge in [0.2, 0.25) is 0 Å². The van der Waals surface area contributed by atoms with Gasteiger partial charge in [0.05, 0.1) is 18.4 Å². The zero-order valence-electron chi connectivity index (χ0n) is 11.8. The number of urea groups is 1. The Bertz CT molecular complexity index is 615. The maximum atomic E-state index is 11.7. The van der Waals surface area contributed by atoms with E-state index in [0.29, 0.717) is 23.0 Å². The minimum atomic E-state index is -0.301. The topological polar surface area (TPSA) is 68.2 Å². The second-order valence-electron chi connectivity index (χ2n) is 4.62. The lowest BCUT2D eigenvalue weighted by atomic mass is 10.3. The van der Waals surface area contributed by atoms with E-state index in [-0.39, 0.29) is 12.1 Å². The number of benzene rings is 1. The van der Waals surface area contributed by atoms with Crippen LogP contribution >= 0.6 is 11.6 Å². The van der Waals surface area contributed by atoms with Gasteiger partial charge in [0, 0.05) is 18.3 Å². The molecule has 0 saturated heterocycles. The lowest BCUT2D eigenvalue weighted by Crippen LogP contribution is -2.36. The molecule has 1 aromatic heterocycles. The molecule has 1 atom stereocenters. The fourth-order valence-electron chi connectivity index (χ4n) is 1.71. The van der Waals surface area contributed by atoms with E-state index in [0.717, 1.165) is 0 Å². The third-order valence-electron chi connectivity index (χ3n) is 2.65. The van der Waals surface area contributed by atoms with Crippen molar-refractivity contribution in [1.82, 2.24) is 15.1 Å². The average Bonchev–Trinajstić information content (AvgIpc) is 2.82. The zero-order valence-corrected chi connectivity index (χ0v) is 12.6. The molecule has 21 heavy (non-hydrogen) atoms. The van der Waals surface area contributed by atoms with Gasteiger partial charge < -0.3 is 15.4 Å². The van der Waals surface area contributed by atoms with E-state index in [4.69, 9.17) is 16.3 Å². The predicted molar refractivity (Wildman–Crippen MR) is 81.8 cm³/mol. The Hall–Kier alpha value is -2.21. The molecule has 0 aliphatic heterocycles. The summed E-state index contributed by atoms with van der Waals surface area (Å²) in [7, 11) is 1.78. The first-order chi connectivity index (χ1) is 10.0. The lowest BCUT2D eigenvalue weighted by molar-refractivity contribution is 0.212. The molecule has 1 heterocycles. The van der Waals surface area contributed by atoms with Crippen LogP contribution in [0.5, 0.6) is 5.75 Å². The summed E-state index contributed by atoms with van der Waals surface area (Å²) < 4.78 is 7.27. The van der Waals surface area contributed by atoms with E-state index in [2.05, 4.69) is 15.7 Å². The number of halogens is 1. The van der Waals surface area contributed by atoms with Crippen LogP contribution in [0.25, 0.3) is 0 Å². The summed E-state index contributed by atoms with van der Waals surface area (Å²) >= 11 is 5.88. The molecule has 7 heteroatoms. The molecule has 6 nitrogen and oxygen atoms in total. The van der Waals surface area contributed by atoms with Gasteiger partial charge in [-0.2, -0.15) is 5.10 Å². The van der Waals surface area contributed by atoms with Gasteiger partial charge in [0.15, 0.2) is 0 Å². The van der Waals surface area contributed by atoms with Crippen molar-refractivity contribution in [3.05, 3.63) is 41.7 Å². The second kappa shape index (κ2) is 6.99. The Labute approximate surface area is 128 Å². The number of hydrogen-bond donors (Lipinski definition) is 2. The highest BCUT2D eigenvalue weighted by Gasteiger charge is 2.08. The number of rotatable bonds is 5. The van der Waals surface area contributed by atoms with Crippen LogP contribution in [0.2, 0.25) is 5.02 Å². The molecule has 2 rings (SSSR count). The van der Waals surface area contributed by atoms with Crippen molar-refractivity contribution in [2.24, 2.45) is 7.05 Å². The maximum absolute atomic E-state index is 11.7. The molecule has 0 radical (unpaired) electrons. The summed E-state index contributed by atoms with van der Waals surface area (Å²) in [6.07, 6.45) is 3.11. The van der Waals surface area contributed by atoms with E-state index in [1.54, 1.807) is 36.3 Å². The Kier molecular flexibility index (Phi) is 5.05. The zero-order chi connectivity index (χ0) is 15.2. The minimum absolute atomic E-state index is 0.178. The molecule has 1 unspecified atom stereocenters. The molecular weight excluding hydrogens is 292 g/mol. The van der Waals surface area contributed by atoms with Gasteiger partial charge in [0.25, 0.3) is 0 Å². The lowest BCUT2D eigenvalue weighted by Gasteiger charge is -2.15. The van der Waals surface area contributed by atoms with Gasteiger partial charge in [-0.05, 0) is 25.1 Å². The number of nitrogens with zero attached hydrogens (tertiary/aromatic N) is 2. The second-order valence-corrected chi connectivity index (χ2v) is 5.06. The van der Waals surface area contributed by atoms with Gasteiger partial charge in [-0.1, -0.05) is 17.7 Å². The molecule has 0 saturated carbocycles. The molecule has 0 fully saturated rings. The first kappa shape index (κ1) is 15.2. The molecule has 0 aliphatic rings. The number of nitrogens with one attached hydrogen (secondary N) is 2. The summed E-state index contributed by atoms with van der Waals surface area (Å²) in [5.41, 5.74) is 0.637. The molecular formula is C14H17ClN4O2. The van der Waals surface area contributed by atoms with Crippen molar-refractivity contribution in [2.45, 2.75) is 13.0 Å². The van der Waals surface area contributed by atoms with Crippen molar-refractivity contribution < 1.29 is 9.53 Å². The summed E-state index contributed by atoms with van der Waals surface area (Å²) in [5, 5.41) is 9.99. The Morgan fingerprint density at radius 2 is 2.33 bits per heavy atom. The number of aryl methyl sites for hydroxylation is 1. The number of hydrogen-bond acceptors (Lipinski definition) is 3. The molecule has 112 valence electrons. The summed E-state index contributed by atoms with van der Waals surface area (Å²) in [6, 6.07) is 6.84. The van der Waals surface area contributed by atoms with Gasteiger partial charge in [0.1, 0.15) is 11.9 Å². The van der Waals surface area contributed by atoms with E-state index in [1.807, 2.05) is 19.1 Å². The van der Waals surface area contributed by atoms with E-state index < -0.39 is 0 Å². The first-order valence-corrected chi connectivity index (χ1v) is 6.86.